The van der Waals surface area contributed by atoms with E-state index in [4.69, 9.17) is 19.4 Å². The van der Waals surface area contributed by atoms with Gasteiger partial charge in [-0.05, 0) is 48.3 Å². The molecule has 0 amide bonds. The Morgan fingerprint density at radius 3 is 2.46 bits per heavy atom. The number of rotatable bonds is 5. The third-order valence-corrected chi connectivity index (χ3v) is 14.8. The number of thiazole rings is 1. The Hall–Kier alpha value is -1.74. The van der Waals surface area contributed by atoms with Gasteiger partial charge in [0.25, 0.3) is 5.19 Å². The highest BCUT2D eigenvalue weighted by Gasteiger charge is 2.39. The third kappa shape index (κ3) is 4.70. The van der Waals surface area contributed by atoms with Crippen molar-refractivity contribution in [3.8, 4) is 16.5 Å². The van der Waals surface area contributed by atoms with Crippen LogP contribution in [0.25, 0.3) is 22.3 Å². The van der Waals surface area contributed by atoms with Crippen molar-refractivity contribution < 1.29 is 9.47 Å². The molecule has 1 saturated heterocycles. The molecule has 0 N–H and O–H groups in total. The SMILES string of the molecule is COc1nc(-c2cn([Si](C)(C)C(C)(C)C)c3ncc([C@H]4CC[C@H](N5CCOCC5)CC4)cc23)cs1. The van der Waals surface area contributed by atoms with Gasteiger partial charge in [0.1, 0.15) is 5.65 Å². The van der Waals surface area contributed by atoms with Crippen molar-refractivity contribution in [1.29, 1.82) is 0 Å². The van der Waals surface area contributed by atoms with Gasteiger partial charge in [-0.25, -0.2) is 9.97 Å². The number of methoxy groups -OCH3 is 1. The van der Waals surface area contributed by atoms with E-state index < -0.39 is 8.24 Å². The first-order chi connectivity index (χ1) is 16.7. The van der Waals surface area contributed by atoms with E-state index in [0.717, 1.165) is 37.6 Å². The van der Waals surface area contributed by atoms with Crippen LogP contribution in [0.15, 0.2) is 23.8 Å². The normalized spacial score (nSPS) is 22.6. The predicted molar refractivity (Wildman–Crippen MR) is 147 cm³/mol. The molecule has 2 fully saturated rings. The summed E-state index contributed by atoms with van der Waals surface area (Å²) in [7, 11) is -0.173. The van der Waals surface area contributed by atoms with Gasteiger partial charge >= 0.3 is 0 Å². The molecular formula is C27H40N4O2SSi. The zero-order valence-corrected chi connectivity index (χ0v) is 24.0. The first-order valence-electron chi connectivity index (χ1n) is 13.0. The van der Waals surface area contributed by atoms with Gasteiger partial charge in [-0.2, -0.15) is 0 Å². The molecule has 3 aromatic rings. The van der Waals surface area contributed by atoms with Crippen LogP contribution < -0.4 is 4.74 Å². The van der Waals surface area contributed by atoms with Crippen LogP contribution in [0.3, 0.4) is 0 Å². The fourth-order valence-electron chi connectivity index (χ4n) is 5.53. The molecule has 0 bridgehead atoms. The van der Waals surface area contributed by atoms with Crippen molar-refractivity contribution in [3.05, 3.63) is 29.4 Å². The number of morpholine rings is 1. The summed E-state index contributed by atoms with van der Waals surface area (Å²) in [5.74, 6) is 0.582. The summed E-state index contributed by atoms with van der Waals surface area (Å²) in [6.07, 6.45) is 9.49. The molecule has 1 aliphatic heterocycles. The highest BCUT2D eigenvalue weighted by molar-refractivity contribution is 7.11. The average molecular weight is 513 g/mol. The van der Waals surface area contributed by atoms with E-state index in [1.54, 1.807) is 18.4 Å². The molecular weight excluding hydrogens is 472 g/mol. The number of hydrogen-bond acceptors (Lipinski definition) is 6. The molecule has 5 rings (SSSR count). The topological polar surface area (TPSA) is 52.4 Å². The lowest BCUT2D eigenvalue weighted by atomic mass is 9.81. The molecule has 0 radical (unpaired) electrons. The highest BCUT2D eigenvalue weighted by atomic mass is 32.1. The van der Waals surface area contributed by atoms with Crippen LogP contribution >= 0.6 is 11.3 Å². The molecule has 3 aromatic heterocycles. The standard InChI is InChI=1S/C27H40N4O2SSi/c1-27(2,3)35(5,6)31-17-23(24-18-34-26(29-24)32-4)22-15-20(16-28-25(22)31)19-7-9-21(10-8-19)30-11-13-33-14-12-30/h15-19,21H,7-14H2,1-6H3/t19-,21-. The van der Waals surface area contributed by atoms with Crippen molar-refractivity contribution in [3.63, 3.8) is 0 Å². The molecule has 4 heterocycles. The van der Waals surface area contributed by atoms with Crippen LogP contribution in [0.4, 0.5) is 0 Å². The lowest BCUT2D eigenvalue weighted by Gasteiger charge is -2.39. The van der Waals surface area contributed by atoms with Crippen LogP contribution in [0.1, 0.15) is 57.9 Å². The summed E-state index contributed by atoms with van der Waals surface area (Å²) < 4.78 is 13.5. The van der Waals surface area contributed by atoms with Crippen LogP contribution in [0.5, 0.6) is 5.19 Å². The molecule has 1 aliphatic carbocycles. The zero-order valence-electron chi connectivity index (χ0n) is 22.1. The molecule has 2 aliphatic rings. The lowest BCUT2D eigenvalue weighted by Crippen LogP contribution is -2.45. The maximum absolute atomic E-state index is 5.56. The minimum absolute atomic E-state index is 0.203. The van der Waals surface area contributed by atoms with Crippen LogP contribution in [0.2, 0.25) is 18.1 Å². The van der Waals surface area contributed by atoms with Gasteiger partial charge in [0.05, 0.1) is 26.0 Å². The largest absolute Gasteiger partial charge is 0.473 e. The molecule has 0 atom stereocenters. The van der Waals surface area contributed by atoms with E-state index in [1.165, 1.54) is 42.2 Å². The Balaban J connectivity index is 1.49. The van der Waals surface area contributed by atoms with Gasteiger partial charge in [-0.1, -0.05) is 45.2 Å². The zero-order chi connectivity index (χ0) is 24.8. The van der Waals surface area contributed by atoms with E-state index in [1.807, 2.05) is 0 Å². The summed E-state index contributed by atoms with van der Waals surface area (Å²) in [4.78, 5) is 12.5. The summed E-state index contributed by atoms with van der Waals surface area (Å²) in [5, 5.41) is 4.26. The quantitative estimate of drug-likeness (QED) is 0.371. The maximum Gasteiger partial charge on any atom is 0.273 e. The summed E-state index contributed by atoms with van der Waals surface area (Å²) >= 11 is 1.56. The molecule has 6 nitrogen and oxygen atoms in total. The fourth-order valence-corrected chi connectivity index (χ4v) is 8.05. The monoisotopic (exact) mass is 512 g/mol. The Bertz CT molecular complexity index is 1170. The van der Waals surface area contributed by atoms with Gasteiger partial charge in [0, 0.05) is 47.9 Å². The van der Waals surface area contributed by atoms with Crippen LogP contribution in [-0.2, 0) is 4.74 Å². The number of aromatic nitrogens is 3. The predicted octanol–water partition coefficient (Wildman–Crippen LogP) is 6.38. The Morgan fingerprint density at radius 1 is 1.11 bits per heavy atom. The van der Waals surface area contributed by atoms with E-state index in [2.05, 4.69) is 66.8 Å². The first-order valence-corrected chi connectivity index (χ1v) is 16.8. The van der Waals surface area contributed by atoms with Gasteiger partial charge in [0.15, 0.2) is 8.24 Å². The summed E-state index contributed by atoms with van der Waals surface area (Å²) in [6.45, 7) is 15.9. The Labute approximate surface area is 214 Å². The molecule has 0 spiro atoms. The summed E-state index contributed by atoms with van der Waals surface area (Å²) in [5.41, 5.74) is 4.66. The van der Waals surface area contributed by atoms with Crippen LogP contribution in [0, 0.1) is 0 Å². The lowest BCUT2D eigenvalue weighted by molar-refractivity contribution is 0.00729. The van der Waals surface area contributed by atoms with Gasteiger partial charge in [-0.3, -0.25) is 4.90 Å². The van der Waals surface area contributed by atoms with Crippen molar-refractivity contribution in [1.82, 2.24) is 19.1 Å². The second kappa shape index (κ2) is 9.61. The van der Waals surface area contributed by atoms with Crippen LogP contribution in [-0.4, -0.2) is 66.8 Å². The number of ether oxygens (including phenoxy) is 2. The van der Waals surface area contributed by atoms with Crippen molar-refractivity contribution in [2.24, 2.45) is 0 Å². The first kappa shape index (κ1) is 24.9. The molecule has 35 heavy (non-hydrogen) atoms. The molecule has 0 unspecified atom stereocenters. The average Bonchev–Trinajstić information content (AvgIpc) is 3.48. The van der Waals surface area contributed by atoms with Gasteiger partial charge in [0.2, 0.25) is 0 Å². The Kier molecular flexibility index (Phi) is 6.85. The minimum atomic E-state index is -1.86. The van der Waals surface area contributed by atoms with Crippen molar-refractivity contribution in [2.45, 2.75) is 76.5 Å². The highest BCUT2D eigenvalue weighted by Crippen LogP contribution is 2.43. The smallest absolute Gasteiger partial charge is 0.273 e. The number of fused-ring (bicyclic) bond motifs is 1. The number of nitrogens with zero attached hydrogens (tertiary/aromatic N) is 4. The fraction of sp³-hybridized carbons (Fsp3) is 0.630. The van der Waals surface area contributed by atoms with Gasteiger partial charge in [-0.15, -0.1) is 0 Å². The van der Waals surface area contributed by atoms with Gasteiger partial charge < -0.3 is 13.7 Å². The Morgan fingerprint density at radius 2 is 1.83 bits per heavy atom. The molecule has 190 valence electrons. The number of pyridine rings is 1. The second-order valence-corrected chi connectivity index (χ2v) is 17.6. The molecule has 8 heteroatoms. The second-order valence-electron chi connectivity index (χ2n) is 11.7. The molecule has 1 saturated carbocycles. The summed E-state index contributed by atoms with van der Waals surface area (Å²) in [6, 6.07) is 3.14. The van der Waals surface area contributed by atoms with E-state index in [-0.39, 0.29) is 5.04 Å². The van der Waals surface area contributed by atoms with Crippen molar-refractivity contribution in [2.75, 3.05) is 33.4 Å². The maximum atomic E-state index is 5.56. The van der Waals surface area contributed by atoms with E-state index in [0.29, 0.717) is 17.2 Å². The van der Waals surface area contributed by atoms with E-state index in [9.17, 15) is 0 Å². The third-order valence-electron chi connectivity index (χ3n) is 8.77. The van der Waals surface area contributed by atoms with Crippen molar-refractivity contribution >= 4 is 30.6 Å². The minimum Gasteiger partial charge on any atom is -0.473 e. The molecule has 0 aromatic carbocycles. The number of hydrogen-bond donors (Lipinski definition) is 0. The van der Waals surface area contributed by atoms with E-state index >= 15 is 0 Å².